The lowest BCUT2D eigenvalue weighted by Gasteiger charge is -2.29. The van der Waals surface area contributed by atoms with Crippen LogP contribution in [-0.2, 0) is 13.1 Å². The number of ether oxygens (including phenoxy) is 2. The van der Waals surface area contributed by atoms with Crippen molar-refractivity contribution in [1.82, 2.24) is 10.2 Å². The minimum atomic E-state index is 0.101. The molecule has 5 heteroatoms. The van der Waals surface area contributed by atoms with Crippen molar-refractivity contribution in [2.24, 2.45) is 0 Å². The van der Waals surface area contributed by atoms with Gasteiger partial charge in [-0.25, -0.2) is 0 Å². The van der Waals surface area contributed by atoms with E-state index in [9.17, 15) is 0 Å². The number of hydrogen-bond acceptors (Lipinski definition) is 3. The normalized spacial score (nSPS) is 11.4. The fourth-order valence-corrected chi connectivity index (χ4v) is 3.62. The standard InChI is InChI=1S/C25H28N2O2S/c1-19(21-12-8-5-9-13-21)26-25(30)27(17-20-10-6-4-7-11-20)18-22-16-23(28-2)14-15-24(22)29-3/h4-16,19H,17-18H2,1-3H3,(H,26,30)/t19-/m0/s1. The second kappa shape index (κ2) is 10.6. The highest BCUT2D eigenvalue weighted by Crippen LogP contribution is 2.26. The van der Waals surface area contributed by atoms with Crippen molar-refractivity contribution in [1.29, 1.82) is 0 Å². The summed E-state index contributed by atoms with van der Waals surface area (Å²) in [6.07, 6.45) is 0. The molecule has 0 saturated carbocycles. The third-order valence-corrected chi connectivity index (χ3v) is 5.37. The SMILES string of the molecule is COc1ccc(OC)c(CN(Cc2ccccc2)C(=S)N[C@@H](C)c2ccccc2)c1. The van der Waals surface area contributed by atoms with Crippen LogP contribution in [0.1, 0.15) is 29.7 Å². The average molecular weight is 421 g/mol. The molecule has 0 aliphatic carbocycles. The Morgan fingerprint density at radius 1 is 0.900 bits per heavy atom. The van der Waals surface area contributed by atoms with Crippen LogP contribution < -0.4 is 14.8 Å². The Morgan fingerprint density at radius 3 is 2.20 bits per heavy atom. The maximum absolute atomic E-state index is 5.83. The van der Waals surface area contributed by atoms with E-state index in [4.69, 9.17) is 21.7 Å². The van der Waals surface area contributed by atoms with E-state index in [0.29, 0.717) is 18.2 Å². The van der Waals surface area contributed by atoms with Gasteiger partial charge < -0.3 is 19.7 Å². The molecule has 0 radical (unpaired) electrons. The molecule has 1 N–H and O–H groups in total. The van der Waals surface area contributed by atoms with E-state index >= 15 is 0 Å². The minimum Gasteiger partial charge on any atom is -0.497 e. The minimum absolute atomic E-state index is 0.101. The number of thiocarbonyl (C=S) groups is 1. The van der Waals surface area contributed by atoms with Gasteiger partial charge in [0.05, 0.1) is 20.3 Å². The zero-order chi connectivity index (χ0) is 21.3. The first-order valence-electron chi connectivity index (χ1n) is 9.96. The average Bonchev–Trinajstić information content (AvgIpc) is 2.79. The summed E-state index contributed by atoms with van der Waals surface area (Å²) in [5.74, 6) is 1.61. The molecule has 30 heavy (non-hydrogen) atoms. The van der Waals surface area contributed by atoms with Crippen LogP contribution in [0.2, 0.25) is 0 Å². The van der Waals surface area contributed by atoms with E-state index in [1.807, 2.05) is 54.6 Å². The Bertz CT molecular complexity index is 948. The van der Waals surface area contributed by atoms with Crippen molar-refractivity contribution in [2.45, 2.75) is 26.1 Å². The molecule has 3 rings (SSSR count). The third kappa shape index (κ3) is 5.74. The van der Waals surface area contributed by atoms with Gasteiger partial charge in [-0.2, -0.15) is 0 Å². The molecule has 0 saturated heterocycles. The Balaban J connectivity index is 1.84. The van der Waals surface area contributed by atoms with Crippen molar-refractivity contribution in [3.63, 3.8) is 0 Å². The van der Waals surface area contributed by atoms with Gasteiger partial charge in [-0.05, 0) is 48.5 Å². The molecule has 0 spiro atoms. The summed E-state index contributed by atoms with van der Waals surface area (Å²) in [6, 6.07) is 26.6. The number of benzene rings is 3. The molecule has 0 heterocycles. The van der Waals surface area contributed by atoms with Gasteiger partial charge in [-0.3, -0.25) is 0 Å². The monoisotopic (exact) mass is 420 g/mol. The molecular formula is C25H28N2O2S. The van der Waals surface area contributed by atoms with E-state index < -0.39 is 0 Å². The lowest BCUT2D eigenvalue weighted by atomic mass is 10.1. The van der Waals surface area contributed by atoms with Gasteiger partial charge in [-0.1, -0.05) is 60.7 Å². The predicted molar refractivity (Wildman–Crippen MR) is 126 cm³/mol. The van der Waals surface area contributed by atoms with E-state index in [-0.39, 0.29) is 6.04 Å². The molecule has 0 aliphatic rings. The smallest absolute Gasteiger partial charge is 0.170 e. The largest absolute Gasteiger partial charge is 0.497 e. The van der Waals surface area contributed by atoms with Gasteiger partial charge >= 0.3 is 0 Å². The molecular weight excluding hydrogens is 392 g/mol. The van der Waals surface area contributed by atoms with Crippen molar-refractivity contribution in [3.8, 4) is 11.5 Å². The van der Waals surface area contributed by atoms with Gasteiger partial charge in [0.25, 0.3) is 0 Å². The van der Waals surface area contributed by atoms with Gasteiger partial charge in [0.15, 0.2) is 5.11 Å². The van der Waals surface area contributed by atoms with Gasteiger partial charge in [-0.15, -0.1) is 0 Å². The van der Waals surface area contributed by atoms with Crippen LogP contribution in [0.15, 0.2) is 78.9 Å². The Morgan fingerprint density at radius 2 is 1.57 bits per heavy atom. The highest BCUT2D eigenvalue weighted by atomic mass is 32.1. The van der Waals surface area contributed by atoms with Crippen LogP contribution in [0.3, 0.4) is 0 Å². The molecule has 3 aromatic rings. The zero-order valence-corrected chi connectivity index (χ0v) is 18.5. The summed E-state index contributed by atoms with van der Waals surface area (Å²) >= 11 is 5.83. The Labute approximate surface area is 184 Å². The molecule has 3 aromatic carbocycles. The summed E-state index contributed by atoms with van der Waals surface area (Å²) < 4.78 is 11.0. The first-order chi connectivity index (χ1) is 14.6. The second-order valence-electron chi connectivity index (χ2n) is 7.10. The van der Waals surface area contributed by atoms with Crippen LogP contribution in [-0.4, -0.2) is 24.2 Å². The summed E-state index contributed by atoms with van der Waals surface area (Å²) in [4.78, 5) is 2.15. The maximum atomic E-state index is 5.83. The zero-order valence-electron chi connectivity index (χ0n) is 17.7. The first-order valence-corrected chi connectivity index (χ1v) is 10.4. The highest BCUT2D eigenvalue weighted by molar-refractivity contribution is 7.80. The number of rotatable bonds is 8. The number of nitrogens with one attached hydrogen (secondary N) is 1. The molecule has 156 valence electrons. The van der Waals surface area contributed by atoms with Gasteiger partial charge in [0, 0.05) is 18.7 Å². The molecule has 0 aromatic heterocycles. The van der Waals surface area contributed by atoms with Crippen molar-refractivity contribution in [3.05, 3.63) is 95.6 Å². The summed E-state index contributed by atoms with van der Waals surface area (Å²) in [5.41, 5.74) is 3.40. The fraction of sp³-hybridized carbons (Fsp3) is 0.240. The molecule has 0 aliphatic heterocycles. The molecule has 4 nitrogen and oxygen atoms in total. The number of methoxy groups -OCH3 is 2. The molecule has 1 atom stereocenters. The summed E-state index contributed by atoms with van der Waals surface area (Å²) in [7, 11) is 3.35. The van der Waals surface area contributed by atoms with Crippen molar-refractivity contribution in [2.75, 3.05) is 14.2 Å². The first kappa shape index (κ1) is 21.7. The van der Waals surface area contributed by atoms with Gasteiger partial charge in [0.2, 0.25) is 0 Å². The summed E-state index contributed by atoms with van der Waals surface area (Å²) in [6.45, 7) is 3.41. The molecule has 0 bridgehead atoms. The lowest BCUT2D eigenvalue weighted by Crippen LogP contribution is -2.40. The summed E-state index contributed by atoms with van der Waals surface area (Å²) in [5, 5.41) is 4.18. The quantitative estimate of drug-likeness (QED) is 0.498. The lowest BCUT2D eigenvalue weighted by molar-refractivity contribution is 0.364. The van der Waals surface area contributed by atoms with Crippen LogP contribution in [0, 0.1) is 0 Å². The molecule has 0 amide bonds. The third-order valence-electron chi connectivity index (χ3n) is 4.99. The van der Waals surface area contributed by atoms with E-state index in [1.165, 1.54) is 11.1 Å². The Kier molecular flexibility index (Phi) is 7.69. The maximum Gasteiger partial charge on any atom is 0.170 e. The molecule has 0 fully saturated rings. The van der Waals surface area contributed by atoms with Crippen LogP contribution in [0.5, 0.6) is 11.5 Å². The van der Waals surface area contributed by atoms with E-state index in [2.05, 4.69) is 41.4 Å². The second-order valence-corrected chi connectivity index (χ2v) is 7.49. The van der Waals surface area contributed by atoms with Crippen LogP contribution in [0.25, 0.3) is 0 Å². The fourth-order valence-electron chi connectivity index (χ4n) is 3.32. The Hall–Kier alpha value is -3.05. The number of hydrogen-bond donors (Lipinski definition) is 1. The van der Waals surface area contributed by atoms with Crippen molar-refractivity contribution >= 4 is 17.3 Å². The number of nitrogens with zero attached hydrogens (tertiary/aromatic N) is 1. The topological polar surface area (TPSA) is 33.7 Å². The predicted octanol–water partition coefficient (Wildman–Crippen LogP) is 5.34. The molecule has 0 unspecified atom stereocenters. The van der Waals surface area contributed by atoms with E-state index in [1.54, 1.807) is 14.2 Å². The van der Waals surface area contributed by atoms with Crippen LogP contribution in [0.4, 0.5) is 0 Å². The van der Waals surface area contributed by atoms with Crippen LogP contribution >= 0.6 is 12.2 Å². The van der Waals surface area contributed by atoms with Gasteiger partial charge in [0.1, 0.15) is 11.5 Å². The highest BCUT2D eigenvalue weighted by Gasteiger charge is 2.17. The van der Waals surface area contributed by atoms with E-state index in [0.717, 1.165) is 17.1 Å². The van der Waals surface area contributed by atoms with Crippen molar-refractivity contribution < 1.29 is 9.47 Å².